The highest BCUT2D eigenvalue weighted by Crippen LogP contribution is 2.23. The Morgan fingerprint density at radius 3 is 2.31 bits per heavy atom. The van der Waals surface area contributed by atoms with Crippen molar-refractivity contribution in [3.8, 4) is 0 Å². The lowest BCUT2D eigenvalue weighted by Gasteiger charge is -1.99. The molecule has 13 heavy (non-hydrogen) atoms. The predicted octanol–water partition coefficient (Wildman–Crippen LogP) is 3.42. The van der Waals surface area contributed by atoms with Gasteiger partial charge in [-0.25, -0.2) is 0 Å². The van der Waals surface area contributed by atoms with E-state index >= 15 is 0 Å². The lowest BCUT2D eigenvalue weighted by Crippen LogP contribution is -1.93. The average molecular weight is 222 g/mol. The first-order valence-electron chi connectivity index (χ1n) is 4.73. The first-order chi connectivity index (χ1) is 6.27. The zero-order valence-electron chi connectivity index (χ0n) is 8.12. The summed E-state index contributed by atoms with van der Waals surface area (Å²) >= 11 is 0. The molecule has 0 fully saturated rings. The van der Waals surface area contributed by atoms with E-state index in [0.29, 0.717) is 6.42 Å². The van der Waals surface area contributed by atoms with Crippen LogP contribution < -0.4 is 0 Å². The highest BCUT2D eigenvalue weighted by Gasteiger charge is 1.96. The molecule has 0 rings (SSSR count). The van der Waals surface area contributed by atoms with Crippen molar-refractivity contribution in [3.05, 3.63) is 0 Å². The average Bonchev–Trinajstić information content (AvgIpc) is 2.09. The van der Waals surface area contributed by atoms with Crippen LogP contribution in [0.25, 0.3) is 0 Å². The van der Waals surface area contributed by atoms with Crippen molar-refractivity contribution < 1.29 is 9.90 Å². The number of carbonyl (C=O) groups is 1. The molecule has 4 heteroatoms. The van der Waals surface area contributed by atoms with Crippen molar-refractivity contribution in [1.29, 1.82) is 0 Å². The van der Waals surface area contributed by atoms with Gasteiger partial charge in [0.1, 0.15) is 0 Å². The molecule has 0 aliphatic rings. The van der Waals surface area contributed by atoms with E-state index in [9.17, 15) is 4.79 Å². The van der Waals surface area contributed by atoms with E-state index < -0.39 is 5.97 Å². The van der Waals surface area contributed by atoms with Crippen LogP contribution in [0.1, 0.15) is 39.0 Å². The molecule has 78 valence electrons. The van der Waals surface area contributed by atoms with E-state index in [-0.39, 0.29) is 0 Å². The van der Waals surface area contributed by atoms with Gasteiger partial charge >= 0.3 is 5.97 Å². The Labute approximate surface area is 88.3 Å². The van der Waals surface area contributed by atoms with Crippen molar-refractivity contribution in [1.82, 2.24) is 0 Å². The Balaban J connectivity index is 2.87. The van der Waals surface area contributed by atoms with Crippen LogP contribution >= 0.6 is 21.6 Å². The molecule has 0 spiro atoms. The largest absolute Gasteiger partial charge is 0.481 e. The third kappa shape index (κ3) is 12.2. The number of hydrogen-bond donors (Lipinski definition) is 1. The fourth-order valence-corrected chi connectivity index (χ4v) is 3.14. The Hall–Kier alpha value is 0.170. The fraction of sp³-hybridized carbons (Fsp3) is 0.889. The van der Waals surface area contributed by atoms with Crippen LogP contribution in [-0.4, -0.2) is 22.6 Å². The number of carboxylic acid groups (broad SMARTS) is 1. The monoisotopic (exact) mass is 222 g/mol. The summed E-state index contributed by atoms with van der Waals surface area (Å²) in [7, 11) is 3.77. The maximum Gasteiger partial charge on any atom is 0.303 e. The predicted molar refractivity (Wildman–Crippen MR) is 61.3 cm³/mol. The molecule has 0 aromatic heterocycles. The van der Waals surface area contributed by atoms with Gasteiger partial charge in [0.15, 0.2) is 0 Å². The van der Waals surface area contributed by atoms with Gasteiger partial charge in [-0.2, -0.15) is 0 Å². The van der Waals surface area contributed by atoms with E-state index in [4.69, 9.17) is 5.11 Å². The van der Waals surface area contributed by atoms with E-state index in [2.05, 4.69) is 6.92 Å². The molecule has 0 unspecified atom stereocenters. The van der Waals surface area contributed by atoms with Gasteiger partial charge in [0.2, 0.25) is 0 Å². The van der Waals surface area contributed by atoms with Crippen LogP contribution in [0.5, 0.6) is 0 Å². The molecule has 0 bridgehead atoms. The number of hydrogen-bond acceptors (Lipinski definition) is 3. The van der Waals surface area contributed by atoms with Crippen LogP contribution in [0.3, 0.4) is 0 Å². The Kier molecular flexibility index (Phi) is 10.4. The van der Waals surface area contributed by atoms with Crippen LogP contribution in [0.4, 0.5) is 0 Å². The summed E-state index contributed by atoms with van der Waals surface area (Å²) in [5, 5.41) is 8.37. The maximum absolute atomic E-state index is 10.2. The second-order valence-corrected chi connectivity index (χ2v) is 5.55. The first-order valence-corrected chi connectivity index (χ1v) is 7.22. The van der Waals surface area contributed by atoms with Gasteiger partial charge in [0.05, 0.1) is 0 Å². The lowest BCUT2D eigenvalue weighted by molar-refractivity contribution is -0.137. The summed E-state index contributed by atoms with van der Waals surface area (Å²) in [4.78, 5) is 10.2. The van der Waals surface area contributed by atoms with E-state index in [1.165, 1.54) is 18.6 Å². The Bertz CT molecular complexity index is 129. The third-order valence-corrected chi connectivity index (χ3v) is 4.11. The minimum Gasteiger partial charge on any atom is -0.481 e. The Morgan fingerprint density at radius 2 is 1.77 bits per heavy atom. The maximum atomic E-state index is 10.2. The van der Waals surface area contributed by atoms with Crippen LogP contribution in [0.2, 0.25) is 0 Å². The lowest BCUT2D eigenvalue weighted by atomic mass is 10.3. The summed E-state index contributed by atoms with van der Waals surface area (Å²) in [6.07, 6.45) is 4.70. The minimum atomic E-state index is -0.677. The topological polar surface area (TPSA) is 37.3 Å². The molecule has 1 N–H and O–H groups in total. The zero-order chi connectivity index (χ0) is 9.94. The van der Waals surface area contributed by atoms with Gasteiger partial charge in [-0.3, -0.25) is 4.79 Å². The molecular formula is C9H18O2S2. The molecule has 0 amide bonds. The minimum absolute atomic E-state index is 0.320. The highest BCUT2D eigenvalue weighted by atomic mass is 33.1. The zero-order valence-corrected chi connectivity index (χ0v) is 9.75. The molecule has 0 saturated carbocycles. The standard InChI is InChI=1S/C9H18O2S2/c1-2-3-7-12-13-8-5-4-6-9(10)11/h2-8H2,1H3,(H,10,11). The molecule has 0 aliphatic carbocycles. The first kappa shape index (κ1) is 13.2. The fourth-order valence-electron chi connectivity index (χ4n) is 0.758. The number of rotatable bonds is 9. The molecule has 0 aromatic rings. The quantitative estimate of drug-likeness (QED) is 0.479. The van der Waals surface area contributed by atoms with Crippen LogP contribution in [-0.2, 0) is 4.79 Å². The van der Waals surface area contributed by atoms with Crippen molar-refractivity contribution in [2.24, 2.45) is 0 Å². The summed E-state index contributed by atoms with van der Waals surface area (Å²) in [5.41, 5.74) is 0. The van der Waals surface area contributed by atoms with Crippen LogP contribution in [0, 0.1) is 0 Å². The van der Waals surface area contributed by atoms with E-state index in [0.717, 1.165) is 18.6 Å². The number of carboxylic acids is 1. The molecule has 0 atom stereocenters. The molecule has 0 saturated heterocycles. The Morgan fingerprint density at radius 1 is 1.15 bits per heavy atom. The van der Waals surface area contributed by atoms with Crippen molar-refractivity contribution in [2.45, 2.75) is 39.0 Å². The van der Waals surface area contributed by atoms with Gasteiger partial charge in [-0.05, 0) is 19.3 Å². The van der Waals surface area contributed by atoms with E-state index in [1.807, 2.05) is 21.6 Å². The molecule has 0 heterocycles. The summed E-state index contributed by atoms with van der Waals surface area (Å²) in [6, 6.07) is 0. The van der Waals surface area contributed by atoms with Gasteiger partial charge < -0.3 is 5.11 Å². The molecular weight excluding hydrogens is 204 g/mol. The van der Waals surface area contributed by atoms with Crippen LogP contribution in [0.15, 0.2) is 0 Å². The third-order valence-electron chi connectivity index (χ3n) is 1.53. The number of unbranched alkanes of at least 4 members (excludes halogenated alkanes) is 2. The van der Waals surface area contributed by atoms with Gasteiger partial charge in [-0.1, -0.05) is 34.9 Å². The van der Waals surface area contributed by atoms with Gasteiger partial charge in [0, 0.05) is 17.9 Å². The summed E-state index contributed by atoms with van der Waals surface area (Å²) in [5.74, 6) is 1.63. The molecule has 2 nitrogen and oxygen atoms in total. The second-order valence-electron chi connectivity index (χ2n) is 2.85. The molecule has 0 aliphatic heterocycles. The molecule has 0 radical (unpaired) electrons. The van der Waals surface area contributed by atoms with Crippen molar-refractivity contribution >= 4 is 27.6 Å². The highest BCUT2D eigenvalue weighted by molar-refractivity contribution is 8.76. The normalized spacial score (nSPS) is 10.2. The smallest absolute Gasteiger partial charge is 0.303 e. The van der Waals surface area contributed by atoms with Crippen molar-refractivity contribution in [2.75, 3.05) is 11.5 Å². The van der Waals surface area contributed by atoms with Crippen molar-refractivity contribution in [3.63, 3.8) is 0 Å². The van der Waals surface area contributed by atoms with Gasteiger partial charge in [-0.15, -0.1) is 0 Å². The van der Waals surface area contributed by atoms with Gasteiger partial charge in [0.25, 0.3) is 0 Å². The second kappa shape index (κ2) is 10.3. The number of aliphatic carboxylic acids is 1. The SMILES string of the molecule is CCCCSSCCCCC(=O)O. The van der Waals surface area contributed by atoms with E-state index in [1.54, 1.807) is 0 Å². The summed E-state index contributed by atoms with van der Waals surface area (Å²) in [6.45, 7) is 2.19. The summed E-state index contributed by atoms with van der Waals surface area (Å²) < 4.78 is 0. The molecule has 0 aromatic carbocycles.